The number of carboxylic acids is 1. The molecule has 6 heteroatoms. The van der Waals surface area contributed by atoms with Gasteiger partial charge in [-0.05, 0) is 19.9 Å². The molecule has 1 heterocycles. The van der Waals surface area contributed by atoms with E-state index >= 15 is 0 Å². The Morgan fingerprint density at radius 2 is 1.72 bits per heavy atom. The van der Waals surface area contributed by atoms with Gasteiger partial charge in [-0.1, -0.05) is 6.42 Å². The average Bonchev–Trinajstić information content (AvgIpc) is 2.81. The Kier molecular flexibility index (Phi) is 4.19. The van der Waals surface area contributed by atoms with Gasteiger partial charge in [0, 0.05) is 26.2 Å². The molecule has 0 aromatic rings. The lowest BCUT2D eigenvalue weighted by molar-refractivity contribution is -0.147. The number of amides is 1. The van der Waals surface area contributed by atoms with Crippen molar-refractivity contribution in [2.45, 2.75) is 19.3 Å². The molecule has 1 saturated heterocycles. The number of hydrogen-bond donors (Lipinski definition) is 2. The number of nitrogens with zero attached hydrogens (tertiary/aromatic N) is 2. The number of nitrogens with one attached hydrogen (secondary N) is 1. The van der Waals surface area contributed by atoms with Gasteiger partial charge in [0.1, 0.15) is 0 Å². The van der Waals surface area contributed by atoms with E-state index in [1.54, 1.807) is 0 Å². The minimum Gasteiger partial charge on any atom is -0.481 e. The van der Waals surface area contributed by atoms with Crippen molar-refractivity contribution in [1.29, 1.82) is 0 Å². The molecule has 0 bridgehead atoms. The summed E-state index contributed by atoms with van der Waals surface area (Å²) in [7, 11) is 2.05. The van der Waals surface area contributed by atoms with Crippen molar-refractivity contribution in [3.8, 4) is 0 Å². The van der Waals surface area contributed by atoms with Crippen molar-refractivity contribution in [3.63, 3.8) is 0 Å². The highest BCUT2D eigenvalue weighted by Crippen LogP contribution is 2.32. The number of rotatable bonds is 3. The van der Waals surface area contributed by atoms with E-state index in [9.17, 15) is 9.59 Å². The van der Waals surface area contributed by atoms with Crippen LogP contribution in [0.15, 0.2) is 0 Å². The quantitative estimate of drug-likeness (QED) is 0.728. The maximum Gasteiger partial charge on any atom is 0.307 e. The molecule has 2 fully saturated rings. The first-order valence-electron chi connectivity index (χ1n) is 6.54. The fourth-order valence-electron chi connectivity index (χ4n) is 2.73. The number of piperazine rings is 1. The Hall–Kier alpha value is -1.14. The van der Waals surface area contributed by atoms with Gasteiger partial charge in [-0.25, -0.2) is 5.01 Å². The van der Waals surface area contributed by atoms with E-state index in [0.717, 1.165) is 32.6 Å². The monoisotopic (exact) mass is 255 g/mol. The molecular weight excluding hydrogens is 234 g/mol. The van der Waals surface area contributed by atoms with Gasteiger partial charge >= 0.3 is 5.97 Å². The summed E-state index contributed by atoms with van der Waals surface area (Å²) in [6.45, 7) is 3.44. The lowest BCUT2D eigenvalue weighted by atomic mass is 9.96. The second-order valence-corrected chi connectivity index (χ2v) is 5.25. The molecule has 0 aromatic heterocycles. The Balaban J connectivity index is 1.86. The molecule has 2 N–H and O–H groups in total. The summed E-state index contributed by atoms with van der Waals surface area (Å²) in [5.41, 5.74) is 2.87. The Morgan fingerprint density at radius 3 is 2.33 bits per heavy atom. The molecular formula is C12H21N3O3. The van der Waals surface area contributed by atoms with Crippen LogP contribution in [0, 0.1) is 11.8 Å². The maximum atomic E-state index is 12.1. The number of carbonyl (C=O) groups is 2. The van der Waals surface area contributed by atoms with Gasteiger partial charge in [-0.15, -0.1) is 0 Å². The van der Waals surface area contributed by atoms with Gasteiger partial charge in [0.05, 0.1) is 11.8 Å². The predicted octanol–water partition coefficient (Wildman–Crippen LogP) is -0.234. The van der Waals surface area contributed by atoms with Crippen LogP contribution < -0.4 is 5.43 Å². The molecule has 2 aliphatic rings. The standard InChI is InChI=1S/C12H21N3O3/c1-14-5-7-15(8-6-14)13-11(16)9-3-2-4-10(9)12(17)18/h9-10H,2-8H2,1H3,(H,13,16)(H,17,18)/t9-,10+/m1/s1. The molecule has 6 nitrogen and oxygen atoms in total. The second-order valence-electron chi connectivity index (χ2n) is 5.25. The molecule has 1 amide bonds. The third-order valence-electron chi connectivity index (χ3n) is 3.94. The first-order chi connectivity index (χ1) is 8.58. The van der Waals surface area contributed by atoms with Crippen LogP contribution in [0.4, 0.5) is 0 Å². The van der Waals surface area contributed by atoms with E-state index in [1.165, 1.54) is 0 Å². The van der Waals surface area contributed by atoms with Crippen molar-refractivity contribution in [3.05, 3.63) is 0 Å². The highest BCUT2D eigenvalue weighted by atomic mass is 16.4. The molecule has 2 rings (SSSR count). The lowest BCUT2D eigenvalue weighted by Gasteiger charge is -2.33. The van der Waals surface area contributed by atoms with E-state index in [4.69, 9.17) is 5.11 Å². The zero-order chi connectivity index (χ0) is 13.1. The second kappa shape index (κ2) is 5.67. The molecule has 18 heavy (non-hydrogen) atoms. The molecule has 2 atom stereocenters. The number of aliphatic carboxylic acids is 1. The van der Waals surface area contributed by atoms with Gasteiger partial charge in [0.15, 0.2) is 0 Å². The normalized spacial score (nSPS) is 30.3. The van der Waals surface area contributed by atoms with E-state index in [2.05, 4.69) is 17.4 Å². The van der Waals surface area contributed by atoms with Crippen LogP contribution in [0.3, 0.4) is 0 Å². The molecule has 0 spiro atoms. The third-order valence-corrected chi connectivity index (χ3v) is 3.94. The number of hydrogen-bond acceptors (Lipinski definition) is 4. The van der Waals surface area contributed by atoms with Crippen LogP contribution in [0.1, 0.15) is 19.3 Å². The largest absolute Gasteiger partial charge is 0.481 e. The van der Waals surface area contributed by atoms with Crippen molar-refractivity contribution in [2.24, 2.45) is 11.8 Å². The first kappa shape index (κ1) is 13.3. The van der Waals surface area contributed by atoms with Crippen molar-refractivity contribution >= 4 is 11.9 Å². The van der Waals surface area contributed by atoms with Crippen LogP contribution in [0.25, 0.3) is 0 Å². The van der Waals surface area contributed by atoms with Crippen LogP contribution in [-0.4, -0.2) is 60.1 Å². The zero-order valence-corrected chi connectivity index (χ0v) is 10.8. The summed E-state index contributed by atoms with van der Waals surface area (Å²) >= 11 is 0. The zero-order valence-electron chi connectivity index (χ0n) is 10.8. The van der Waals surface area contributed by atoms with Crippen LogP contribution in [0.5, 0.6) is 0 Å². The number of likely N-dealkylation sites (N-methyl/N-ethyl adjacent to an activating group) is 1. The smallest absolute Gasteiger partial charge is 0.307 e. The number of carbonyl (C=O) groups excluding carboxylic acids is 1. The molecule has 1 saturated carbocycles. The molecule has 1 aliphatic heterocycles. The van der Waals surface area contributed by atoms with E-state index in [1.807, 2.05) is 5.01 Å². The molecule has 0 unspecified atom stereocenters. The third kappa shape index (κ3) is 3.00. The highest BCUT2D eigenvalue weighted by molar-refractivity contribution is 5.84. The molecule has 0 radical (unpaired) electrons. The van der Waals surface area contributed by atoms with Gasteiger partial charge in [0.2, 0.25) is 5.91 Å². The molecule has 102 valence electrons. The summed E-state index contributed by atoms with van der Waals surface area (Å²) in [5.74, 6) is -1.82. The summed E-state index contributed by atoms with van der Waals surface area (Å²) in [5, 5.41) is 11.0. The van der Waals surface area contributed by atoms with Gasteiger partial charge in [-0.2, -0.15) is 0 Å². The SMILES string of the molecule is CN1CCN(NC(=O)[C@@H]2CCC[C@@H]2C(=O)O)CC1. The van der Waals surface area contributed by atoms with Gasteiger partial charge in [0.25, 0.3) is 0 Å². The predicted molar refractivity (Wildman–Crippen MR) is 65.7 cm³/mol. The first-order valence-corrected chi connectivity index (χ1v) is 6.54. The molecule has 0 aromatic carbocycles. The van der Waals surface area contributed by atoms with E-state index in [-0.39, 0.29) is 11.8 Å². The fraction of sp³-hybridized carbons (Fsp3) is 0.833. The minimum absolute atomic E-state index is 0.121. The summed E-state index contributed by atoms with van der Waals surface area (Å²) in [6.07, 6.45) is 2.14. The summed E-state index contributed by atoms with van der Waals surface area (Å²) < 4.78 is 0. The van der Waals surface area contributed by atoms with Gasteiger partial charge in [-0.3, -0.25) is 15.0 Å². The van der Waals surface area contributed by atoms with Crippen molar-refractivity contribution in [2.75, 3.05) is 33.2 Å². The number of hydrazine groups is 1. The van der Waals surface area contributed by atoms with Crippen LogP contribution in [-0.2, 0) is 9.59 Å². The maximum absolute atomic E-state index is 12.1. The van der Waals surface area contributed by atoms with Crippen LogP contribution >= 0.6 is 0 Å². The van der Waals surface area contributed by atoms with Crippen molar-refractivity contribution in [1.82, 2.24) is 15.3 Å². The van der Waals surface area contributed by atoms with Crippen LogP contribution in [0.2, 0.25) is 0 Å². The van der Waals surface area contributed by atoms with E-state index in [0.29, 0.717) is 12.8 Å². The lowest BCUT2D eigenvalue weighted by Crippen LogP contribution is -2.54. The topological polar surface area (TPSA) is 72.9 Å². The molecule has 1 aliphatic carbocycles. The minimum atomic E-state index is -0.842. The Labute approximate surface area is 107 Å². The van der Waals surface area contributed by atoms with E-state index < -0.39 is 11.9 Å². The van der Waals surface area contributed by atoms with Crippen molar-refractivity contribution < 1.29 is 14.7 Å². The Morgan fingerprint density at radius 1 is 1.11 bits per heavy atom. The highest BCUT2D eigenvalue weighted by Gasteiger charge is 2.38. The summed E-state index contributed by atoms with van der Waals surface area (Å²) in [6, 6.07) is 0. The Bertz CT molecular complexity index is 327. The fourth-order valence-corrected chi connectivity index (χ4v) is 2.73. The van der Waals surface area contributed by atoms with Gasteiger partial charge < -0.3 is 10.0 Å². The summed E-state index contributed by atoms with van der Waals surface area (Å²) in [4.78, 5) is 25.3. The number of carboxylic acid groups (broad SMARTS) is 1. The average molecular weight is 255 g/mol.